The van der Waals surface area contributed by atoms with Gasteiger partial charge in [0.1, 0.15) is 5.54 Å². The van der Waals surface area contributed by atoms with E-state index < -0.39 is 11.6 Å². The van der Waals surface area contributed by atoms with Gasteiger partial charge < -0.3 is 10.2 Å². The lowest BCUT2D eigenvalue weighted by Crippen LogP contribution is -2.56. The molecule has 0 bridgehead atoms. The van der Waals surface area contributed by atoms with Gasteiger partial charge in [-0.2, -0.15) is 0 Å². The number of piperidine rings is 1. The Morgan fingerprint density at radius 1 is 1.46 bits per heavy atom. The maximum atomic E-state index is 12.5. The molecule has 0 aromatic carbocycles. The monoisotopic (exact) mass is 336 g/mol. The average molecular weight is 336 g/mol. The second-order valence-electron chi connectivity index (χ2n) is 7.05. The number of nitrogens with one attached hydrogen (secondary N) is 2. The third-order valence-corrected chi connectivity index (χ3v) is 4.95. The quantitative estimate of drug-likeness (QED) is 0.553. The van der Waals surface area contributed by atoms with Crippen LogP contribution in [0.25, 0.3) is 0 Å². The molecule has 2 N–H and O–H groups in total. The first-order chi connectivity index (χ1) is 11.3. The summed E-state index contributed by atoms with van der Waals surface area (Å²) in [5, 5.41) is 5.07. The van der Waals surface area contributed by atoms with Gasteiger partial charge in [-0.25, -0.2) is 4.79 Å². The molecule has 2 aliphatic rings. The zero-order valence-electron chi connectivity index (χ0n) is 14.9. The zero-order chi connectivity index (χ0) is 17.9. The van der Waals surface area contributed by atoms with Crippen LogP contribution in [0, 0.1) is 5.92 Å². The molecule has 0 saturated carbocycles. The van der Waals surface area contributed by atoms with E-state index in [4.69, 9.17) is 0 Å². The largest absolute Gasteiger partial charge is 0.338 e. The molecule has 2 aliphatic heterocycles. The Labute approximate surface area is 143 Å². The number of amides is 4. The van der Waals surface area contributed by atoms with Crippen molar-refractivity contribution in [3.05, 3.63) is 12.2 Å². The van der Waals surface area contributed by atoms with Gasteiger partial charge in [-0.1, -0.05) is 12.2 Å². The molecule has 0 spiro atoms. The van der Waals surface area contributed by atoms with Crippen molar-refractivity contribution in [2.45, 2.75) is 39.2 Å². The molecule has 2 atom stereocenters. The molecular weight excluding hydrogens is 308 g/mol. The van der Waals surface area contributed by atoms with Crippen LogP contribution in [0.1, 0.15) is 33.6 Å². The summed E-state index contributed by atoms with van der Waals surface area (Å²) in [6.07, 6.45) is 1.77. The number of carbonyl (C=O) groups excluding carboxylic acids is 3. The van der Waals surface area contributed by atoms with Gasteiger partial charge in [0.05, 0.1) is 6.54 Å². The Morgan fingerprint density at radius 3 is 2.71 bits per heavy atom. The SMILES string of the molecule is C=C(C)CN(CC)C(=O)CN1CCC[C@@H]([C@@]2(C)NC(=O)NC2=O)C1. The van der Waals surface area contributed by atoms with E-state index >= 15 is 0 Å². The van der Waals surface area contributed by atoms with Crippen molar-refractivity contribution in [3.8, 4) is 0 Å². The summed E-state index contributed by atoms with van der Waals surface area (Å²) >= 11 is 0. The van der Waals surface area contributed by atoms with Crippen LogP contribution in [-0.4, -0.2) is 65.9 Å². The predicted octanol–water partition coefficient (Wildman–Crippen LogP) is 0.721. The van der Waals surface area contributed by atoms with Crippen molar-refractivity contribution in [2.75, 3.05) is 32.7 Å². The van der Waals surface area contributed by atoms with Gasteiger partial charge in [0.25, 0.3) is 5.91 Å². The zero-order valence-corrected chi connectivity index (χ0v) is 14.9. The Morgan fingerprint density at radius 2 is 2.17 bits per heavy atom. The number of hydrogen-bond acceptors (Lipinski definition) is 4. The molecule has 2 rings (SSSR count). The maximum absolute atomic E-state index is 12.5. The number of imide groups is 1. The standard InChI is InChI=1S/C17H28N4O3/c1-5-21(9-12(2)3)14(22)11-20-8-6-7-13(10-20)17(4)15(23)18-16(24)19-17/h13H,2,5-11H2,1,3-4H3,(H2,18,19,23,24)/t13-,17-/m1/s1. The lowest BCUT2D eigenvalue weighted by atomic mass is 9.80. The van der Waals surface area contributed by atoms with E-state index in [1.807, 2.05) is 13.8 Å². The van der Waals surface area contributed by atoms with Gasteiger partial charge in [0.15, 0.2) is 0 Å². The van der Waals surface area contributed by atoms with E-state index in [0.717, 1.165) is 25.0 Å². The van der Waals surface area contributed by atoms with E-state index in [1.165, 1.54) is 0 Å². The fraction of sp³-hybridized carbons (Fsp3) is 0.706. The highest BCUT2D eigenvalue weighted by atomic mass is 16.2. The minimum absolute atomic E-state index is 0.00159. The summed E-state index contributed by atoms with van der Waals surface area (Å²) in [4.78, 5) is 40.0. The summed E-state index contributed by atoms with van der Waals surface area (Å²) in [7, 11) is 0. The molecule has 134 valence electrons. The van der Waals surface area contributed by atoms with Crippen LogP contribution in [0.2, 0.25) is 0 Å². The van der Waals surface area contributed by atoms with Crippen molar-refractivity contribution in [1.82, 2.24) is 20.4 Å². The summed E-state index contributed by atoms with van der Waals surface area (Å²) in [6.45, 7) is 12.5. The Kier molecular flexibility index (Phi) is 5.64. The molecular formula is C17H28N4O3. The number of rotatable bonds is 6. The van der Waals surface area contributed by atoms with Crippen molar-refractivity contribution in [1.29, 1.82) is 0 Å². The first-order valence-corrected chi connectivity index (χ1v) is 8.54. The van der Waals surface area contributed by atoms with Crippen LogP contribution in [0.15, 0.2) is 12.2 Å². The van der Waals surface area contributed by atoms with Crippen LogP contribution >= 0.6 is 0 Å². The van der Waals surface area contributed by atoms with Crippen molar-refractivity contribution in [3.63, 3.8) is 0 Å². The molecule has 0 aromatic rings. The minimum atomic E-state index is -0.888. The molecule has 0 unspecified atom stereocenters. The van der Waals surface area contributed by atoms with Gasteiger partial charge in [-0.05, 0) is 40.2 Å². The predicted molar refractivity (Wildman–Crippen MR) is 91.3 cm³/mol. The highest BCUT2D eigenvalue weighted by Crippen LogP contribution is 2.29. The molecule has 2 fully saturated rings. The summed E-state index contributed by atoms with van der Waals surface area (Å²) in [5.41, 5.74) is 0.0700. The molecule has 4 amide bonds. The van der Waals surface area contributed by atoms with E-state index in [2.05, 4.69) is 22.1 Å². The smallest absolute Gasteiger partial charge is 0.322 e. The second kappa shape index (κ2) is 7.34. The number of hydrogen-bond donors (Lipinski definition) is 2. The molecule has 0 aromatic heterocycles. The van der Waals surface area contributed by atoms with Crippen molar-refractivity contribution < 1.29 is 14.4 Å². The summed E-state index contributed by atoms with van der Waals surface area (Å²) in [5.74, 6) is -0.198. The maximum Gasteiger partial charge on any atom is 0.322 e. The van der Waals surface area contributed by atoms with Crippen LogP contribution < -0.4 is 10.6 Å². The van der Waals surface area contributed by atoms with Crippen molar-refractivity contribution in [2.24, 2.45) is 5.92 Å². The van der Waals surface area contributed by atoms with Gasteiger partial charge in [-0.15, -0.1) is 0 Å². The Hall–Kier alpha value is -1.89. The second-order valence-corrected chi connectivity index (χ2v) is 7.05. The average Bonchev–Trinajstić information content (AvgIpc) is 2.78. The van der Waals surface area contributed by atoms with Crippen LogP contribution in [0.3, 0.4) is 0 Å². The summed E-state index contributed by atoms with van der Waals surface area (Å²) in [6, 6.07) is -0.436. The van der Waals surface area contributed by atoms with Gasteiger partial charge in [-0.3, -0.25) is 19.8 Å². The number of carbonyl (C=O) groups is 3. The lowest BCUT2D eigenvalue weighted by Gasteiger charge is -2.39. The van der Waals surface area contributed by atoms with Crippen LogP contribution in [0.5, 0.6) is 0 Å². The van der Waals surface area contributed by atoms with E-state index in [-0.39, 0.29) is 17.7 Å². The van der Waals surface area contributed by atoms with Crippen LogP contribution in [-0.2, 0) is 9.59 Å². The first-order valence-electron chi connectivity index (χ1n) is 8.54. The molecule has 0 radical (unpaired) electrons. The first kappa shape index (κ1) is 18.4. The molecule has 0 aliphatic carbocycles. The highest BCUT2D eigenvalue weighted by molar-refractivity contribution is 6.07. The van der Waals surface area contributed by atoms with Gasteiger partial charge in [0.2, 0.25) is 5.91 Å². The fourth-order valence-electron chi connectivity index (χ4n) is 3.51. The lowest BCUT2D eigenvalue weighted by molar-refractivity contribution is -0.132. The normalized spacial score (nSPS) is 27.5. The number of nitrogens with zero attached hydrogens (tertiary/aromatic N) is 2. The van der Waals surface area contributed by atoms with E-state index in [1.54, 1.807) is 11.8 Å². The van der Waals surface area contributed by atoms with Gasteiger partial charge in [0, 0.05) is 25.6 Å². The third kappa shape index (κ3) is 3.95. The van der Waals surface area contributed by atoms with E-state index in [0.29, 0.717) is 26.2 Å². The van der Waals surface area contributed by atoms with Crippen molar-refractivity contribution >= 4 is 17.8 Å². The van der Waals surface area contributed by atoms with E-state index in [9.17, 15) is 14.4 Å². The minimum Gasteiger partial charge on any atom is -0.338 e. The number of likely N-dealkylation sites (N-methyl/N-ethyl adjacent to an activating group) is 1. The summed E-state index contributed by atoms with van der Waals surface area (Å²) < 4.78 is 0. The van der Waals surface area contributed by atoms with Crippen LogP contribution in [0.4, 0.5) is 4.79 Å². The fourth-order valence-corrected chi connectivity index (χ4v) is 3.51. The molecule has 24 heavy (non-hydrogen) atoms. The van der Waals surface area contributed by atoms with Gasteiger partial charge >= 0.3 is 6.03 Å². The Balaban J connectivity index is 1.98. The topological polar surface area (TPSA) is 81.8 Å². The molecule has 7 heteroatoms. The molecule has 2 heterocycles. The Bertz CT molecular complexity index is 548. The number of urea groups is 1. The highest BCUT2D eigenvalue weighted by Gasteiger charge is 2.49. The molecule has 2 saturated heterocycles. The molecule has 7 nitrogen and oxygen atoms in total. The third-order valence-electron chi connectivity index (χ3n) is 4.95. The number of likely N-dealkylation sites (tertiary alicyclic amines) is 1.